The van der Waals surface area contributed by atoms with Gasteiger partial charge >= 0.3 is 0 Å². The van der Waals surface area contributed by atoms with Crippen LogP contribution in [0.5, 0.6) is 5.75 Å². The lowest BCUT2D eigenvalue weighted by Crippen LogP contribution is -2.39. The normalized spacial score (nSPS) is 17.9. The van der Waals surface area contributed by atoms with Crippen molar-refractivity contribution in [3.05, 3.63) is 35.5 Å². The zero-order valence-electron chi connectivity index (χ0n) is 14.7. The summed E-state index contributed by atoms with van der Waals surface area (Å²) in [5.74, 6) is 0.549. The van der Waals surface area contributed by atoms with Gasteiger partial charge in [0, 0.05) is 42.4 Å². The number of likely N-dealkylation sites (tertiary alicyclic amines) is 1. The molecule has 140 valence electrons. The van der Waals surface area contributed by atoms with Crippen molar-refractivity contribution in [1.82, 2.24) is 14.5 Å². The number of benzene rings is 1. The van der Waals surface area contributed by atoms with Gasteiger partial charge < -0.3 is 9.64 Å². The molecule has 0 spiro atoms. The van der Waals surface area contributed by atoms with Crippen LogP contribution in [0.25, 0.3) is 0 Å². The molecule has 0 N–H and O–H groups in total. The highest BCUT2D eigenvalue weighted by atomic mass is 32.2. The van der Waals surface area contributed by atoms with E-state index >= 15 is 0 Å². The molecule has 9 heteroatoms. The lowest BCUT2D eigenvalue weighted by atomic mass is 9.95. The summed E-state index contributed by atoms with van der Waals surface area (Å²) >= 11 is 0.896. The van der Waals surface area contributed by atoms with Gasteiger partial charge in [-0.1, -0.05) is 4.49 Å². The molecule has 1 aromatic carbocycles. The van der Waals surface area contributed by atoms with Crippen molar-refractivity contribution in [3.8, 4) is 5.75 Å². The van der Waals surface area contributed by atoms with E-state index in [0.29, 0.717) is 31.0 Å². The Labute approximate surface area is 157 Å². The first-order valence-electron chi connectivity index (χ1n) is 8.44. The average Bonchev–Trinajstić information content (AvgIpc) is 3.12. The summed E-state index contributed by atoms with van der Waals surface area (Å²) in [5.41, 5.74) is 1.08. The Hall–Kier alpha value is -2.00. The molecule has 1 amide bonds. The van der Waals surface area contributed by atoms with Crippen molar-refractivity contribution in [1.29, 1.82) is 0 Å². The van der Waals surface area contributed by atoms with Crippen LogP contribution in [0.2, 0.25) is 0 Å². The van der Waals surface area contributed by atoms with E-state index in [1.54, 1.807) is 29.2 Å². The van der Waals surface area contributed by atoms with E-state index < -0.39 is 9.84 Å². The number of sulfone groups is 1. The van der Waals surface area contributed by atoms with Gasteiger partial charge in [-0.15, -0.1) is 5.10 Å². The van der Waals surface area contributed by atoms with Gasteiger partial charge in [0.1, 0.15) is 5.75 Å². The fourth-order valence-electron chi connectivity index (χ4n) is 3.12. The fourth-order valence-corrected chi connectivity index (χ4v) is 4.86. The molecule has 0 saturated carbocycles. The smallest absolute Gasteiger partial charge is 0.253 e. The van der Waals surface area contributed by atoms with Crippen molar-refractivity contribution in [2.45, 2.75) is 29.9 Å². The van der Waals surface area contributed by atoms with Gasteiger partial charge in [0.25, 0.3) is 5.91 Å². The van der Waals surface area contributed by atoms with Crippen molar-refractivity contribution >= 4 is 27.3 Å². The highest BCUT2D eigenvalue weighted by Gasteiger charge is 2.31. The summed E-state index contributed by atoms with van der Waals surface area (Å²) < 4.78 is 33.3. The third-order valence-corrected chi connectivity index (χ3v) is 6.88. The van der Waals surface area contributed by atoms with E-state index in [0.717, 1.165) is 36.4 Å². The minimum atomic E-state index is -3.36. The van der Waals surface area contributed by atoms with E-state index in [-0.39, 0.29) is 16.0 Å². The number of carbonyl (C=O) groups excluding carboxylic acids is 1. The van der Waals surface area contributed by atoms with Crippen LogP contribution in [-0.4, -0.2) is 54.8 Å². The molecule has 0 bridgehead atoms. The number of carbonyl (C=O) groups is 1. The molecule has 26 heavy (non-hydrogen) atoms. The molecule has 7 nitrogen and oxygen atoms in total. The molecule has 1 atom stereocenters. The van der Waals surface area contributed by atoms with E-state index in [1.807, 2.05) is 6.92 Å². The summed E-state index contributed by atoms with van der Waals surface area (Å²) in [6.07, 6.45) is 2.76. The predicted molar refractivity (Wildman–Crippen MR) is 98.5 cm³/mol. The first kappa shape index (κ1) is 18.8. The monoisotopic (exact) mass is 395 g/mol. The van der Waals surface area contributed by atoms with Crippen LogP contribution in [0.3, 0.4) is 0 Å². The van der Waals surface area contributed by atoms with Crippen molar-refractivity contribution < 1.29 is 17.9 Å². The van der Waals surface area contributed by atoms with Crippen LogP contribution in [0.4, 0.5) is 0 Å². The molecular formula is C17H21N3O4S2. The van der Waals surface area contributed by atoms with Crippen LogP contribution in [0.1, 0.15) is 41.7 Å². The molecule has 1 aliphatic rings. The number of piperidine rings is 1. The van der Waals surface area contributed by atoms with Gasteiger partial charge in [0.15, 0.2) is 14.0 Å². The molecule has 1 unspecified atom stereocenters. The highest BCUT2D eigenvalue weighted by molar-refractivity contribution is 7.92. The highest BCUT2D eigenvalue weighted by Crippen LogP contribution is 2.32. The number of rotatable bonds is 5. The molecule has 0 radical (unpaired) electrons. The second-order valence-corrected chi connectivity index (χ2v) is 9.23. The SMILES string of the molecule is CCOc1ccc(C(=O)N2CCCC(c3nnsc3S(C)(=O)=O)C2)cc1. The summed E-state index contributed by atoms with van der Waals surface area (Å²) in [7, 11) is -3.36. The van der Waals surface area contributed by atoms with E-state index in [1.165, 1.54) is 0 Å². The molecular weight excluding hydrogens is 374 g/mol. The topological polar surface area (TPSA) is 89.5 Å². The van der Waals surface area contributed by atoms with E-state index in [4.69, 9.17) is 4.74 Å². The fraction of sp³-hybridized carbons (Fsp3) is 0.471. The molecule has 0 aliphatic carbocycles. The quantitative estimate of drug-likeness (QED) is 0.772. The maximum Gasteiger partial charge on any atom is 0.253 e. The third-order valence-electron chi connectivity index (χ3n) is 4.33. The van der Waals surface area contributed by atoms with Crippen LogP contribution in [0.15, 0.2) is 28.5 Å². The Bertz CT molecular complexity index is 878. The second kappa shape index (κ2) is 7.71. The number of nitrogens with zero attached hydrogens (tertiary/aromatic N) is 3. The Morgan fingerprint density at radius 1 is 1.35 bits per heavy atom. The van der Waals surface area contributed by atoms with Gasteiger partial charge in [0.05, 0.1) is 12.3 Å². The maximum absolute atomic E-state index is 12.8. The Morgan fingerprint density at radius 3 is 2.73 bits per heavy atom. The lowest BCUT2D eigenvalue weighted by molar-refractivity contribution is 0.0705. The summed E-state index contributed by atoms with van der Waals surface area (Å²) in [6.45, 7) is 3.57. The summed E-state index contributed by atoms with van der Waals surface area (Å²) in [6, 6.07) is 7.07. The molecule has 1 aromatic heterocycles. The van der Waals surface area contributed by atoms with Crippen LogP contribution in [0, 0.1) is 0 Å². The van der Waals surface area contributed by atoms with Crippen LogP contribution < -0.4 is 4.74 Å². The van der Waals surface area contributed by atoms with Gasteiger partial charge in [-0.05, 0) is 44.0 Å². The number of aromatic nitrogens is 2. The lowest BCUT2D eigenvalue weighted by Gasteiger charge is -2.32. The average molecular weight is 396 g/mol. The number of ether oxygens (including phenoxy) is 1. The largest absolute Gasteiger partial charge is 0.494 e. The Kier molecular flexibility index (Phi) is 5.57. The zero-order valence-corrected chi connectivity index (χ0v) is 16.3. The molecule has 1 aliphatic heterocycles. The number of hydrogen-bond donors (Lipinski definition) is 0. The standard InChI is InChI=1S/C17H21N3O4S2/c1-3-24-14-8-6-12(7-9-14)16(21)20-10-4-5-13(11-20)15-17(25-19-18-15)26(2,22)23/h6-9,13H,3-5,10-11H2,1-2H3. The van der Waals surface area contributed by atoms with Gasteiger partial charge in [-0.2, -0.15) is 0 Å². The minimum absolute atomic E-state index is 0.0677. The van der Waals surface area contributed by atoms with E-state index in [2.05, 4.69) is 9.59 Å². The molecule has 2 heterocycles. The minimum Gasteiger partial charge on any atom is -0.494 e. The molecule has 2 aromatic rings. The van der Waals surface area contributed by atoms with Crippen molar-refractivity contribution in [2.75, 3.05) is 26.0 Å². The Morgan fingerprint density at radius 2 is 2.08 bits per heavy atom. The summed E-state index contributed by atoms with van der Waals surface area (Å²) in [5, 5.41) is 4.04. The summed E-state index contributed by atoms with van der Waals surface area (Å²) in [4.78, 5) is 14.6. The predicted octanol–water partition coefficient (Wildman–Crippen LogP) is 2.36. The first-order chi connectivity index (χ1) is 12.4. The molecule has 3 rings (SSSR count). The van der Waals surface area contributed by atoms with Gasteiger partial charge in [0.2, 0.25) is 0 Å². The van der Waals surface area contributed by atoms with Crippen LogP contribution >= 0.6 is 11.5 Å². The van der Waals surface area contributed by atoms with Gasteiger partial charge in [-0.3, -0.25) is 4.79 Å². The van der Waals surface area contributed by atoms with Gasteiger partial charge in [-0.25, -0.2) is 8.42 Å². The molecule has 1 saturated heterocycles. The third kappa shape index (κ3) is 4.04. The van der Waals surface area contributed by atoms with E-state index in [9.17, 15) is 13.2 Å². The maximum atomic E-state index is 12.8. The second-order valence-electron chi connectivity index (χ2n) is 6.27. The van der Waals surface area contributed by atoms with Crippen molar-refractivity contribution in [3.63, 3.8) is 0 Å². The van der Waals surface area contributed by atoms with Crippen molar-refractivity contribution in [2.24, 2.45) is 0 Å². The molecule has 1 fully saturated rings. The number of amides is 1. The first-order valence-corrected chi connectivity index (χ1v) is 11.1. The Balaban J connectivity index is 1.76. The zero-order chi connectivity index (χ0) is 18.7. The number of hydrogen-bond acceptors (Lipinski definition) is 7. The van der Waals surface area contributed by atoms with Crippen LogP contribution in [-0.2, 0) is 9.84 Å².